The van der Waals surface area contributed by atoms with Crippen molar-refractivity contribution in [2.45, 2.75) is 12.8 Å². The van der Waals surface area contributed by atoms with Gasteiger partial charge in [0.25, 0.3) is 5.69 Å². The molecule has 0 bridgehead atoms. The third-order valence-corrected chi connectivity index (χ3v) is 3.58. The van der Waals surface area contributed by atoms with Crippen LogP contribution in [0.4, 0.5) is 11.4 Å². The highest BCUT2D eigenvalue weighted by Gasteiger charge is 2.31. The van der Waals surface area contributed by atoms with Crippen LogP contribution in [0.2, 0.25) is 0 Å². The molecule has 0 saturated carbocycles. The summed E-state index contributed by atoms with van der Waals surface area (Å²) >= 11 is 0. The van der Waals surface area contributed by atoms with E-state index in [2.05, 4.69) is 4.98 Å². The maximum atomic E-state index is 12.4. The van der Waals surface area contributed by atoms with E-state index in [4.69, 9.17) is 0 Å². The number of nitrogens with zero attached hydrogens (tertiary/aromatic N) is 3. The molecule has 0 radical (unpaired) electrons. The van der Waals surface area contributed by atoms with Gasteiger partial charge in [0.1, 0.15) is 5.69 Å². The molecule has 1 amide bonds. The molecule has 106 valence electrons. The quantitative estimate of drug-likeness (QED) is 0.638. The Balaban J connectivity index is 1.90. The average Bonchev–Trinajstić information content (AvgIpc) is 2.92. The standard InChI is InChI=1S/C15H13N3O3/c19-14(10-11-4-7-16-8-5-11)17-9-6-12-2-1-3-13(15(12)17)18(20)21/h1-5,7-8H,6,9-10H2. The zero-order valence-corrected chi connectivity index (χ0v) is 11.2. The second-order valence-corrected chi connectivity index (χ2v) is 4.87. The fourth-order valence-corrected chi connectivity index (χ4v) is 2.60. The number of benzene rings is 1. The van der Waals surface area contributed by atoms with Gasteiger partial charge in [-0.3, -0.25) is 19.9 Å². The molecule has 0 N–H and O–H groups in total. The van der Waals surface area contributed by atoms with Crippen molar-refractivity contribution < 1.29 is 9.72 Å². The predicted molar refractivity (Wildman–Crippen MR) is 77.1 cm³/mol. The van der Waals surface area contributed by atoms with Gasteiger partial charge >= 0.3 is 0 Å². The molecule has 2 heterocycles. The normalized spacial score (nSPS) is 13.0. The van der Waals surface area contributed by atoms with Crippen LogP contribution in [0, 0.1) is 10.1 Å². The van der Waals surface area contributed by atoms with Crippen molar-refractivity contribution in [3.05, 3.63) is 64.0 Å². The molecule has 6 nitrogen and oxygen atoms in total. The molecule has 21 heavy (non-hydrogen) atoms. The van der Waals surface area contributed by atoms with Crippen molar-refractivity contribution in [2.75, 3.05) is 11.4 Å². The van der Waals surface area contributed by atoms with Crippen LogP contribution >= 0.6 is 0 Å². The van der Waals surface area contributed by atoms with Gasteiger partial charge in [-0.1, -0.05) is 12.1 Å². The van der Waals surface area contributed by atoms with E-state index >= 15 is 0 Å². The van der Waals surface area contributed by atoms with Crippen LogP contribution in [0.15, 0.2) is 42.7 Å². The summed E-state index contributed by atoms with van der Waals surface area (Å²) in [5, 5.41) is 11.1. The van der Waals surface area contributed by atoms with Crippen LogP contribution in [0.25, 0.3) is 0 Å². The monoisotopic (exact) mass is 283 g/mol. The lowest BCUT2D eigenvalue weighted by Gasteiger charge is -2.17. The highest BCUT2D eigenvalue weighted by atomic mass is 16.6. The molecule has 0 saturated heterocycles. The lowest BCUT2D eigenvalue weighted by Crippen LogP contribution is -2.30. The van der Waals surface area contributed by atoms with Crippen molar-refractivity contribution in [1.82, 2.24) is 4.98 Å². The number of hydrogen-bond donors (Lipinski definition) is 0. The Morgan fingerprint density at radius 3 is 2.76 bits per heavy atom. The van der Waals surface area contributed by atoms with Gasteiger partial charge in [0.15, 0.2) is 0 Å². The number of carbonyl (C=O) groups is 1. The fourth-order valence-electron chi connectivity index (χ4n) is 2.60. The molecule has 1 aromatic heterocycles. The van der Waals surface area contributed by atoms with Crippen LogP contribution in [0.3, 0.4) is 0 Å². The summed E-state index contributed by atoms with van der Waals surface area (Å²) in [7, 11) is 0. The van der Waals surface area contributed by atoms with Gasteiger partial charge in [0, 0.05) is 25.0 Å². The third-order valence-electron chi connectivity index (χ3n) is 3.58. The molecule has 0 atom stereocenters. The van der Waals surface area contributed by atoms with Crippen molar-refractivity contribution >= 4 is 17.3 Å². The van der Waals surface area contributed by atoms with Gasteiger partial charge in [-0.05, 0) is 29.7 Å². The number of aromatic nitrogens is 1. The molecule has 0 unspecified atom stereocenters. The van der Waals surface area contributed by atoms with Gasteiger partial charge in [-0.25, -0.2) is 0 Å². The Morgan fingerprint density at radius 2 is 2.05 bits per heavy atom. The molecule has 1 aliphatic heterocycles. The summed E-state index contributed by atoms with van der Waals surface area (Å²) in [5.74, 6) is -0.130. The minimum absolute atomic E-state index is 0.00641. The van der Waals surface area contributed by atoms with E-state index in [-0.39, 0.29) is 18.0 Å². The number of carbonyl (C=O) groups excluding carboxylic acids is 1. The lowest BCUT2D eigenvalue weighted by molar-refractivity contribution is -0.384. The second-order valence-electron chi connectivity index (χ2n) is 4.87. The number of nitro groups is 1. The molecule has 2 aromatic rings. The lowest BCUT2D eigenvalue weighted by atomic mass is 10.1. The van der Waals surface area contributed by atoms with E-state index in [0.717, 1.165) is 11.1 Å². The highest BCUT2D eigenvalue weighted by molar-refractivity contribution is 5.99. The number of pyridine rings is 1. The summed E-state index contributed by atoms with van der Waals surface area (Å²) < 4.78 is 0. The zero-order valence-electron chi connectivity index (χ0n) is 11.2. The van der Waals surface area contributed by atoms with Gasteiger partial charge in [-0.15, -0.1) is 0 Å². The first kappa shape index (κ1) is 13.2. The smallest absolute Gasteiger partial charge is 0.293 e. The van der Waals surface area contributed by atoms with Crippen molar-refractivity contribution in [3.8, 4) is 0 Å². The number of amides is 1. The molecule has 6 heteroatoms. The number of fused-ring (bicyclic) bond motifs is 1. The van der Waals surface area contributed by atoms with E-state index in [0.29, 0.717) is 18.7 Å². The molecule has 3 rings (SSSR count). The average molecular weight is 283 g/mol. The van der Waals surface area contributed by atoms with Gasteiger partial charge in [0.05, 0.1) is 11.3 Å². The molecule has 1 aliphatic rings. The third kappa shape index (κ3) is 2.47. The van der Waals surface area contributed by atoms with Gasteiger partial charge < -0.3 is 4.90 Å². The molecule has 0 aliphatic carbocycles. The Kier molecular flexibility index (Phi) is 3.35. The molecule has 1 aromatic carbocycles. The number of anilines is 1. The first-order valence-electron chi connectivity index (χ1n) is 6.62. The summed E-state index contributed by atoms with van der Waals surface area (Å²) in [6.45, 7) is 0.490. The van der Waals surface area contributed by atoms with E-state index in [1.54, 1.807) is 30.6 Å². The Morgan fingerprint density at radius 1 is 1.29 bits per heavy atom. The fraction of sp³-hybridized carbons (Fsp3) is 0.200. The minimum atomic E-state index is -0.434. The number of rotatable bonds is 3. The first-order chi connectivity index (χ1) is 10.2. The molecule has 0 fully saturated rings. The van der Waals surface area contributed by atoms with Crippen molar-refractivity contribution in [1.29, 1.82) is 0 Å². The summed E-state index contributed by atoms with van der Waals surface area (Å²) in [4.78, 5) is 28.6. The Bertz CT molecular complexity index is 701. The second kappa shape index (κ2) is 5.32. The van der Waals surface area contributed by atoms with Crippen LogP contribution < -0.4 is 4.90 Å². The van der Waals surface area contributed by atoms with Crippen LogP contribution in [0.1, 0.15) is 11.1 Å². The predicted octanol–water partition coefficient (Wildman–Crippen LogP) is 2.12. The van der Waals surface area contributed by atoms with Gasteiger partial charge in [0.2, 0.25) is 5.91 Å². The van der Waals surface area contributed by atoms with Crippen LogP contribution in [-0.4, -0.2) is 22.4 Å². The van der Waals surface area contributed by atoms with E-state index in [1.165, 1.54) is 11.0 Å². The summed E-state index contributed by atoms with van der Waals surface area (Å²) in [6.07, 6.45) is 4.12. The maximum Gasteiger partial charge on any atom is 0.293 e. The van der Waals surface area contributed by atoms with E-state index in [1.807, 2.05) is 6.07 Å². The summed E-state index contributed by atoms with van der Waals surface area (Å²) in [6, 6.07) is 8.48. The zero-order chi connectivity index (χ0) is 14.8. The Hall–Kier alpha value is -2.76. The SMILES string of the molecule is O=C(Cc1ccncc1)N1CCc2cccc([N+](=O)[O-])c21. The van der Waals surface area contributed by atoms with Crippen molar-refractivity contribution in [3.63, 3.8) is 0 Å². The number of nitro benzene ring substituents is 1. The Labute approximate surface area is 121 Å². The topological polar surface area (TPSA) is 76.3 Å². The number of hydrogen-bond acceptors (Lipinski definition) is 4. The highest BCUT2D eigenvalue weighted by Crippen LogP contribution is 2.37. The molecule has 0 spiro atoms. The molecular formula is C15H13N3O3. The maximum absolute atomic E-state index is 12.4. The van der Waals surface area contributed by atoms with Crippen LogP contribution in [-0.2, 0) is 17.6 Å². The summed E-state index contributed by atoms with van der Waals surface area (Å²) in [5.41, 5.74) is 2.14. The van der Waals surface area contributed by atoms with Crippen LogP contribution in [0.5, 0.6) is 0 Å². The van der Waals surface area contributed by atoms with E-state index < -0.39 is 4.92 Å². The van der Waals surface area contributed by atoms with Crippen molar-refractivity contribution in [2.24, 2.45) is 0 Å². The largest absolute Gasteiger partial charge is 0.306 e. The van der Waals surface area contributed by atoms with Gasteiger partial charge in [-0.2, -0.15) is 0 Å². The first-order valence-corrected chi connectivity index (χ1v) is 6.62. The molecular weight excluding hydrogens is 270 g/mol. The van der Waals surface area contributed by atoms with E-state index in [9.17, 15) is 14.9 Å². The minimum Gasteiger partial charge on any atom is -0.306 e. The number of para-hydroxylation sites is 1.